The van der Waals surface area contributed by atoms with Gasteiger partial charge in [-0.1, -0.05) is 18.0 Å². The van der Waals surface area contributed by atoms with E-state index < -0.39 is 15.9 Å². The Kier molecular flexibility index (Phi) is 6.59. The van der Waals surface area contributed by atoms with Crippen molar-refractivity contribution in [2.75, 3.05) is 18.9 Å². The van der Waals surface area contributed by atoms with Crippen LogP contribution in [0.4, 0.5) is 5.69 Å². The van der Waals surface area contributed by atoms with Gasteiger partial charge in [0.1, 0.15) is 5.82 Å². The lowest BCUT2D eigenvalue weighted by Crippen LogP contribution is -2.34. The van der Waals surface area contributed by atoms with E-state index in [2.05, 4.69) is 20.1 Å². The third-order valence-electron chi connectivity index (χ3n) is 5.42. The lowest BCUT2D eigenvalue weighted by atomic mass is 10.2. The summed E-state index contributed by atoms with van der Waals surface area (Å²) in [5.41, 5.74) is 1.50. The van der Waals surface area contributed by atoms with Crippen LogP contribution in [0.1, 0.15) is 25.1 Å². The van der Waals surface area contributed by atoms with Gasteiger partial charge in [-0.05, 0) is 61.4 Å². The minimum atomic E-state index is -3.80. The molecule has 0 saturated heterocycles. The van der Waals surface area contributed by atoms with Crippen molar-refractivity contribution in [1.82, 2.24) is 19.1 Å². The Morgan fingerprint density at radius 3 is 2.50 bits per heavy atom. The van der Waals surface area contributed by atoms with Crippen LogP contribution in [-0.2, 0) is 27.8 Å². The van der Waals surface area contributed by atoms with Crippen LogP contribution in [0.2, 0.25) is 5.02 Å². The first-order chi connectivity index (χ1) is 15.3. The fourth-order valence-corrected chi connectivity index (χ4v) is 4.93. The first-order valence-electron chi connectivity index (χ1n) is 10.4. The summed E-state index contributed by atoms with van der Waals surface area (Å²) in [6.07, 6.45) is 4.37. The third-order valence-corrected chi connectivity index (χ3v) is 7.49. The Balaban J connectivity index is 1.41. The average Bonchev–Trinajstić information content (AvgIpc) is 3.02. The summed E-state index contributed by atoms with van der Waals surface area (Å²) in [6.45, 7) is 0.592. The monoisotopic (exact) mass is 473 g/mol. The molecule has 1 aromatic heterocycles. The molecule has 2 aromatic carbocycles. The zero-order valence-electron chi connectivity index (χ0n) is 17.7. The van der Waals surface area contributed by atoms with E-state index in [0.717, 1.165) is 47.3 Å². The van der Waals surface area contributed by atoms with Crippen LogP contribution in [0.5, 0.6) is 0 Å². The number of carbonyl (C=O) groups excluding carboxylic acids is 1. The van der Waals surface area contributed by atoms with Gasteiger partial charge in [0, 0.05) is 36.3 Å². The van der Waals surface area contributed by atoms with E-state index in [1.807, 2.05) is 12.1 Å². The molecule has 1 amide bonds. The van der Waals surface area contributed by atoms with Crippen molar-refractivity contribution in [2.45, 2.75) is 37.1 Å². The fourth-order valence-electron chi connectivity index (χ4n) is 3.68. The standard InChI is InChI=1S/C22H24ClN5O3S/c1-27(32(30,31)19-12-8-17(23)9-13-19)15-21(29)24-18-10-6-16(7-11-18)22-26-25-20-5-3-2-4-14-28(20)22/h6-13H,2-5,14-15H2,1H3,(H,24,29). The number of benzene rings is 2. The van der Waals surface area contributed by atoms with Crippen molar-refractivity contribution in [2.24, 2.45) is 0 Å². The van der Waals surface area contributed by atoms with Gasteiger partial charge in [-0.25, -0.2) is 8.42 Å². The summed E-state index contributed by atoms with van der Waals surface area (Å²) in [7, 11) is -2.43. The van der Waals surface area contributed by atoms with Gasteiger partial charge in [-0.2, -0.15) is 4.31 Å². The molecule has 1 N–H and O–H groups in total. The SMILES string of the molecule is CN(CC(=O)Nc1ccc(-c2nnc3n2CCCCC3)cc1)S(=O)(=O)c1ccc(Cl)cc1. The maximum absolute atomic E-state index is 12.6. The number of anilines is 1. The Morgan fingerprint density at radius 1 is 1.06 bits per heavy atom. The number of hydrogen-bond donors (Lipinski definition) is 1. The number of fused-ring (bicyclic) bond motifs is 1. The maximum Gasteiger partial charge on any atom is 0.243 e. The number of carbonyl (C=O) groups is 1. The zero-order valence-corrected chi connectivity index (χ0v) is 19.2. The van der Waals surface area contributed by atoms with E-state index in [9.17, 15) is 13.2 Å². The van der Waals surface area contributed by atoms with Crippen LogP contribution < -0.4 is 5.32 Å². The van der Waals surface area contributed by atoms with Crippen LogP contribution in [0.15, 0.2) is 53.4 Å². The van der Waals surface area contributed by atoms with Crippen LogP contribution >= 0.6 is 11.6 Å². The predicted molar refractivity (Wildman–Crippen MR) is 123 cm³/mol. The van der Waals surface area contributed by atoms with Crippen molar-refractivity contribution in [3.8, 4) is 11.4 Å². The summed E-state index contributed by atoms with van der Waals surface area (Å²) < 4.78 is 28.4. The number of amides is 1. The molecule has 0 fully saturated rings. The molecule has 1 aliphatic rings. The Labute approximate surface area is 192 Å². The third kappa shape index (κ3) is 4.85. The van der Waals surface area contributed by atoms with Gasteiger partial charge in [-0.15, -0.1) is 10.2 Å². The molecule has 2 heterocycles. The van der Waals surface area contributed by atoms with Crippen LogP contribution in [0.25, 0.3) is 11.4 Å². The normalized spacial score (nSPS) is 14.1. The first kappa shape index (κ1) is 22.4. The number of sulfonamides is 1. The van der Waals surface area contributed by atoms with Crippen molar-refractivity contribution < 1.29 is 13.2 Å². The number of hydrogen-bond acceptors (Lipinski definition) is 5. The zero-order chi connectivity index (χ0) is 22.7. The second-order valence-corrected chi connectivity index (χ2v) is 10.2. The van der Waals surface area contributed by atoms with E-state index in [-0.39, 0.29) is 11.4 Å². The summed E-state index contributed by atoms with van der Waals surface area (Å²) in [5, 5.41) is 11.8. The van der Waals surface area contributed by atoms with Gasteiger partial charge >= 0.3 is 0 Å². The maximum atomic E-state index is 12.6. The van der Waals surface area contributed by atoms with E-state index >= 15 is 0 Å². The van der Waals surface area contributed by atoms with E-state index in [0.29, 0.717) is 10.7 Å². The van der Waals surface area contributed by atoms with Crippen molar-refractivity contribution in [3.63, 3.8) is 0 Å². The van der Waals surface area contributed by atoms with Crippen molar-refractivity contribution >= 4 is 33.2 Å². The highest BCUT2D eigenvalue weighted by Gasteiger charge is 2.23. The highest BCUT2D eigenvalue weighted by atomic mass is 35.5. The molecule has 0 radical (unpaired) electrons. The molecule has 0 atom stereocenters. The van der Waals surface area contributed by atoms with Crippen LogP contribution in [-0.4, -0.2) is 47.0 Å². The first-order valence-corrected chi connectivity index (χ1v) is 12.2. The van der Waals surface area contributed by atoms with Gasteiger partial charge in [0.2, 0.25) is 15.9 Å². The van der Waals surface area contributed by atoms with Crippen LogP contribution in [0, 0.1) is 0 Å². The molecule has 1 aliphatic heterocycles. The minimum Gasteiger partial charge on any atom is -0.325 e. The average molecular weight is 474 g/mol. The van der Waals surface area contributed by atoms with E-state index in [4.69, 9.17) is 11.6 Å². The van der Waals surface area contributed by atoms with Crippen molar-refractivity contribution in [3.05, 3.63) is 59.4 Å². The molecule has 4 rings (SSSR count). The minimum absolute atomic E-state index is 0.0778. The van der Waals surface area contributed by atoms with Gasteiger partial charge in [-0.3, -0.25) is 4.79 Å². The van der Waals surface area contributed by atoms with Gasteiger partial charge in [0.15, 0.2) is 5.82 Å². The Bertz CT molecular complexity index is 1210. The number of likely N-dealkylation sites (N-methyl/N-ethyl adjacent to an activating group) is 1. The molecular formula is C22H24ClN5O3S. The Hall–Kier alpha value is -2.75. The second-order valence-electron chi connectivity index (χ2n) is 7.74. The highest BCUT2D eigenvalue weighted by Crippen LogP contribution is 2.24. The lowest BCUT2D eigenvalue weighted by Gasteiger charge is -2.17. The molecule has 32 heavy (non-hydrogen) atoms. The lowest BCUT2D eigenvalue weighted by molar-refractivity contribution is -0.116. The van der Waals surface area contributed by atoms with Gasteiger partial charge in [0.25, 0.3) is 0 Å². The predicted octanol–water partition coefficient (Wildman–Crippen LogP) is 3.58. The van der Waals surface area contributed by atoms with Crippen molar-refractivity contribution in [1.29, 1.82) is 0 Å². The van der Waals surface area contributed by atoms with Gasteiger partial charge in [0.05, 0.1) is 11.4 Å². The van der Waals surface area contributed by atoms with E-state index in [1.54, 1.807) is 12.1 Å². The molecule has 3 aromatic rings. The number of nitrogens with one attached hydrogen (secondary N) is 1. The van der Waals surface area contributed by atoms with E-state index in [1.165, 1.54) is 37.7 Å². The molecule has 8 nitrogen and oxygen atoms in total. The number of aryl methyl sites for hydroxylation is 1. The summed E-state index contributed by atoms with van der Waals surface area (Å²) in [5.74, 6) is 1.41. The smallest absolute Gasteiger partial charge is 0.243 e. The summed E-state index contributed by atoms with van der Waals surface area (Å²) >= 11 is 5.82. The molecular weight excluding hydrogens is 450 g/mol. The number of aromatic nitrogens is 3. The fraction of sp³-hybridized carbons (Fsp3) is 0.318. The molecule has 0 spiro atoms. The topological polar surface area (TPSA) is 97.2 Å². The number of rotatable bonds is 6. The van der Waals surface area contributed by atoms with Gasteiger partial charge < -0.3 is 9.88 Å². The largest absolute Gasteiger partial charge is 0.325 e. The molecule has 0 saturated carbocycles. The summed E-state index contributed by atoms with van der Waals surface area (Å²) in [6, 6.07) is 13.1. The number of halogens is 1. The molecule has 0 aliphatic carbocycles. The molecule has 10 heteroatoms. The molecule has 168 valence electrons. The quantitative estimate of drug-likeness (QED) is 0.590. The highest BCUT2D eigenvalue weighted by molar-refractivity contribution is 7.89. The Morgan fingerprint density at radius 2 is 1.78 bits per heavy atom. The summed E-state index contributed by atoms with van der Waals surface area (Å²) in [4.78, 5) is 12.5. The van der Waals surface area contributed by atoms with Crippen LogP contribution in [0.3, 0.4) is 0 Å². The molecule has 0 bridgehead atoms. The molecule has 0 unspecified atom stereocenters. The second kappa shape index (κ2) is 9.40. The number of nitrogens with zero attached hydrogens (tertiary/aromatic N) is 4.